The molecule has 0 bridgehead atoms. The maximum Gasteiger partial charge on any atom is 0.338 e. The van der Waals surface area contributed by atoms with Crippen molar-refractivity contribution in [1.82, 2.24) is 4.98 Å². The minimum atomic E-state index is -0.217. The summed E-state index contributed by atoms with van der Waals surface area (Å²) in [7, 11) is 2.06. The van der Waals surface area contributed by atoms with Crippen molar-refractivity contribution < 1.29 is 9.53 Å². The third-order valence-electron chi connectivity index (χ3n) is 4.39. The van der Waals surface area contributed by atoms with Crippen molar-refractivity contribution in [1.29, 1.82) is 0 Å². The third-order valence-corrected chi connectivity index (χ3v) is 5.03. The Labute approximate surface area is 156 Å². The number of aromatic nitrogens is 1. The molecule has 2 aromatic rings. The number of pyridine rings is 1. The molecule has 0 aliphatic heterocycles. The van der Waals surface area contributed by atoms with E-state index in [0.29, 0.717) is 11.5 Å². The van der Waals surface area contributed by atoms with Crippen LogP contribution < -0.4 is 4.90 Å². The summed E-state index contributed by atoms with van der Waals surface area (Å²) in [6.07, 6.45) is 3.76. The predicted molar refractivity (Wildman–Crippen MR) is 103 cm³/mol. The van der Waals surface area contributed by atoms with Crippen molar-refractivity contribution in [2.24, 2.45) is 5.92 Å². The number of esters is 1. The molecule has 0 amide bonds. The Morgan fingerprint density at radius 1 is 1.25 bits per heavy atom. The Morgan fingerprint density at radius 3 is 2.58 bits per heavy atom. The van der Waals surface area contributed by atoms with Crippen molar-refractivity contribution in [2.45, 2.75) is 25.9 Å². The first-order valence-corrected chi connectivity index (χ1v) is 9.19. The number of anilines is 1. The highest BCUT2D eigenvalue weighted by molar-refractivity contribution is 14.1. The van der Waals surface area contributed by atoms with Gasteiger partial charge >= 0.3 is 5.97 Å². The molecule has 0 atom stereocenters. The van der Waals surface area contributed by atoms with Crippen molar-refractivity contribution in [2.75, 3.05) is 18.5 Å². The minimum Gasteiger partial charge on any atom is -0.459 e. The summed E-state index contributed by atoms with van der Waals surface area (Å²) in [6.45, 7) is 2.94. The van der Waals surface area contributed by atoms with Gasteiger partial charge in [0.2, 0.25) is 0 Å². The average Bonchev–Trinajstić information content (AvgIpc) is 2.53. The zero-order chi connectivity index (χ0) is 17.1. The van der Waals surface area contributed by atoms with Crippen LogP contribution in [0.25, 0.3) is 0 Å². The van der Waals surface area contributed by atoms with Crippen LogP contribution in [-0.4, -0.2) is 30.6 Å². The van der Waals surface area contributed by atoms with Gasteiger partial charge in [0.1, 0.15) is 11.9 Å². The second-order valence-corrected chi connectivity index (χ2v) is 7.69. The molecule has 4 nitrogen and oxygen atoms in total. The van der Waals surface area contributed by atoms with Gasteiger partial charge in [-0.2, -0.15) is 0 Å². The van der Waals surface area contributed by atoms with Gasteiger partial charge in [-0.05, 0) is 72.5 Å². The van der Waals surface area contributed by atoms with Gasteiger partial charge in [-0.3, -0.25) is 0 Å². The van der Waals surface area contributed by atoms with Crippen LogP contribution in [0.5, 0.6) is 0 Å². The largest absolute Gasteiger partial charge is 0.459 e. The number of rotatable bonds is 5. The monoisotopic (exact) mass is 436 g/mol. The molecule has 3 rings (SSSR count). The van der Waals surface area contributed by atoms with E-state index < -0.39 is 0 Å². The van der Waals surface area contributed by atoms with Gasteiger partial charge in [-0.1, -0.05) is 17.7 Å². The average molecular weight is 436 g/mol. The summed E-state index contributed by atoms with van der Waals surface area (Å²) in [6, 6.07) is 11.6. The number of carbonyl (C=O) groups excluding carboxylic acids is 1. The lowest BCUT2D eigenvalue weighted by Crippen LogP contribution is -2.39. The lowest BCUT2D eigenvalue weighted by Gasteiger charge is -2.37. The van der Waals surface area contributed by atoms with E-state index in [-0.39, 0.29) is 12.1 Å². The Morgan fingerprint density at radius 2 is 1.96 bits per heavy atom. The van der Waals surface area contributed by atoms with Crippen LogP contribution in [0.1, 0.15) is 28.8 Å². The number of hydrogen-bond donors (Lipinski definition) is 0. The van der Waals surface area contributed by atoms with E-state index in [0.717, 1.165) is 34.3 Å². The van der Waals surface area contributed by atoms with Gasteiger partial charge in [0, 0.05) is 23.4 Å². The fraction of sp³-hybridized carbons (Fsp3) is 0.368. The van der Waals surface area contributed by atoms with Crippen LogP contribution in [0.3, 0.4) is 0 Å². The van der Waals surface area contributed by atoms with E-state index in [9.17, 15) is 4.79 Å². The first-order chi connectivity index (χ1) is 11.5. The highest BCUT2D eigenvalue weighted by Crippen LogP contribution is 2.32. The van der Waals surface area contributed by atoms with Crippen LogP contribution in [0.15, 0.2) is 42.6 Å². The molecule has 1 aromatic carbocycles. The highest BCUT2D eigenvalue weighted by Gasteiger charge is 2.33. The van der Waals surface area contributed by atoms with E-state index in [4.69, 9.17) is 4.74 Å². The van der Waals surface area contributed by atoms with Gasteiger partial charge in [0.25, 0.3) is 0 Å². The van der Waals surface area contributed by atoms with Crippen LogP contribution in [0, 0.1) is 16.4 Å². The number of aryl methyl sites for hydroxylation is 1. The fourth-order valence-corrected chi connectivity index (χ4v) is 3.22. The summed E-state index contributed by atoms with van der Waals surface area (Å²) >= 11 is 2.25. The predicted octanol–water partition coefficient (Wildman–Crippen LogP) is 4.07. The lowest BCUT2D eigenvalue weighted by molar-refractivity contribution is -0.00928. The SMILES string of the molecule is Cc1ccc(C(=O)OC2CC(CN(C)c3ccc(I)cn3)C2)cc1. The van der Waals surface area contributed by atoms with Crippen LogP contribution in [-0.2, 0) is 4.74 Å². The van der Waals surface area contributed by atoms with Crippen LogP contribution >= 0.6 is 22.6 Å². The Hall–Kier alpha value is -1.63. The molecule has 1 saturated carbocycles. The maximum absolute atomic E-state index is 12.1. The fourth-order valence-electron chi connectivity index (χ4n) is 2.90. The summed E-state index contributed by atoms with van der Waals surface area (Å²) in [5, 5.41) is 0. The number of halogens is 1. The molecule has 1 fully saturated rings. The zero-order valence-electron chi connectivity index (χ0n) is 13.9. The molecule has 0 spiro atoms. The molecule has 1 aliphatic rings. The van der Waals surface area contributed by atoms with E-state index in [1.54, 1.807) is 0 Å². The molecule has 126 valence electrons. The van der Waals surface area contributed by atoms with Gasteiger partial charge in [0.05, 0.1) is 5.56 Å². The second kappa shape index (κ2) is 7.51. The van der Waals surface area contributed by atoms with Crippen LogP contribution in [0.4, 0.5) is 5.82 Å². The van der Waals surface area contributed by atoms with Gasteiger partial charge in [-0.25, -0.2) is 9.78 Å². The molecule has 1 heterocycles. The second-order valence-electron chi connectivity index (χ2n) is 6.45. The molecule has 1 aliphatic carbocycles. The quantitative estimate of drug-likeness (QED) is 0.524. The third kappa shape index (κ3) is 4.26. The molecule has 0 radical (unpaired) electrons. The Bertz CT molecular complexity index is 694. The number of benzene rings is 1. The summed E-state index contributed by atoms with van der Waals surface area (Å²) in [5.74, 6) is 1.31. The molecular weight excluding hydrogens is 415 g/mol. The smallest absolute Gasteiger partial charge is 0.338 e. The first-order valence-electron chi connectivity index (χ1n) is 8.11. The molecule has 1 aromatic heterocycles. The maximum atomic E-state index is 12.1. The van der Waals surface area contributed by atoms with Gasteiger partial charge in [0.15, 0.2) is 0 Å². The number of hydrogen-bond acceptors (Lipinski definition) is 4. The van der Waals surface area contributed by atoms with E-state index in [1.165, 1.54) is 0 Å². The normalized spacial score (nSPS) is 19.5. The number of carbonyl (C=O) groups is 1. The molecule has 0 N–H and O–H groups in total. The lowest BCUT2D eigenvalue weighted by atomic mass is 9.82. The van der Waals surface area contributed by atoms with E-state index in [2.05, 4.69) is 45.6 Å². The van der Waals surface area contributed by atoms with Crippen LogP contribution in [0.2, 0.25) is 0 Å². The topological polar surface area (TPSA) is 42.4 Å². The summed E-state index contributed by atoms with van der Waals surface area (Å²) < 4.78 is 6.71. The Kier molecular flexibility index (Phi) is 5.38. The molecule has 5 heteroatoms. The molecular formula is C19H21IN2O2. The van der Waals surface area contributed by atoms with E-state index in [1.807, 2.05) is 43.5 Å². The Balaban J connectivity index is 1.44. The zero-order valence-corrected chi connectivity index (χ0v) is 16.1. The van der Waals surface area contributed by atoms with Gasteiger partial charge in [-0.15, -0.1) is 0 Å². The minimum absolute atomic E-state index is 0.0434. The highest BCUT2D eigenvalue weighted by atomic mass is 127. The van der Waals surface area contributed by atoms with Crippen molar-refractivity contribution in [3.8, 4) is 0 Å². The number of nitrogens with zero attached hydrogens (tertiary/aromatic N) is 2. The van der Waals surface area contributed by atoms with Crippen molar-refractivity contribution in [3.05, 3.63) is 57.3 Å². The number of ether oxygens (including phenoxy) is 1. The standard InChI is InChI=1S/C19H21IN2O2/c1-13-3-5-15(6-4-13)19(23)24-17-9-14(10-17)12-22(2)18-8-7-16(20)11-21-18/h3-8,11,14,17H,9-10,12H2,1-2H3. The van der Waals surface area contributed by atoms with Gasteiger partial charge < -0.3 is 9.64 Å². The first kappa shape index (κ1) is 17.2. The molecule has 0 unspecified atom stereocenters. The summed E-state index contributed by atoms with van der Waals surface area (Å²) in [5.41, 5.74) is 1.77. The van der Waals surface area contributed by atoms with E-state index >= 15 is 0 Å². The van der Waals surface area contributed by atoms with Crippen molar-refractivity contribution >= 4 is 34.4 Å². The summed E-state index contributed by atoms with van der Waals surface area (Å²) in [4.78, 5) is 18.7. The molecule has 0 saturated heterocycles. The van der Waals surface area contributed by atoms with Crippen molar-refractivity contribution in [3.63, 3.8) is 0 Å². The molecule has 24 heavy (non-hydrogen) atoms.